The molecule has 0 radical (unpaired) electrons. The van der Waals surface area contributed by atoms with Crippen LogP contribution in [0.5, 0.6) is 11.7 Å². The highest BCUT2D eigenvalue weighted by atomic mass is 16.6. The lowest BCUT2D eigenvalue weighted by Gasteiger charge is -2.24. The number of ether oxygens (including phenoxy) is 2. The third kappa shape index (κ3) is 1.94. The SMILES string of the molecule is COC(=O)[C@@]1(C)C(=O)C(C)=COc2oc3cccc(O)c3c(=O)c21. The Morgan fingerprint density at radius 2 is 2.00 bits per heavy atom. The van der Waals surface area contributed by atoms with E-state index in [1.54, 1.807) is 0 Å². The van der Waals surface area contributed by atoms with Gasteiger partial charge in [-0.3, -0.25) is 14.4 Å². The van der Waals surface area contributed by atoms with Crippen molar-refractivity contribution in [1.82, 2.24) is 0 Å². The highest BCUT2D eigenvalue weighted by Crippen LogP contribution is 2.39. The molecule has 0 fully saturated rings. The normalized spacial score (nSPS) is 20.0. The molecule has 0 aliphatic carbocycles. The zero-order valence-corrected chi connectivity index (χ0v) is 13.2. The first-order valence-corrected chi connectivity index (χ1v) is 7.08. The van der Waals surface area contributed by atoms with Gasteiger partial charge in [0.25, 0.3) is 5.95 Å². The van der Waals surface area contributed by atoms with E-state index in [1.165, 1.54) is 32.0 Å². The highest BCUT2D eigenvalue weighted by Gasteiger charge is 2.51. The van der Waals surface area contributed by atoms with Gasteiger partial charge in [-0.05, 0) is 26.0 Å². The van der Waals surface area contributed by atoms with Crippen LogP contribution in [0.2, 0.25) is 0 Å². The fourth-order valence-electron chi connectivity index (χ4n) is 2.82. The number of hydrogen-bond acceptors (Lipinski definition) is 7. The van der Waals surface area contributed by atoms with Gasteiger partial charge in [-0.2, -0.15) is 0 Å². The van der Waals surface area contributed by atoms with E-state index in [1.807, 2.05) is 0 Å². The molecular weight excluding hydrogens is 316 g/mol. The zero-order chi connectivity index (χ0) is 17.6. The summed E-state index contributed by atoms with van der Waals surface area (Å²) in [6.45, 7) is 2.73. The molecule has 0 bridgehead atoms. The lowest BCUT2D eigenvalue weighted by molar-refractivity contribution is -0.150. The van der Waals surface area contributed by atoms with E-state index in [-0.39, 0.29) is 33.8 Å². The summed E-state index contributed by atoms with van der Waals surface area (Å²) in [5.41, 5.74) is -2.78. The summed E-state index contributed by atoms with van der Waals surface area (Å²) in [5, 5.41) is 9.86. The van der Waals surface area contributed by atoms with E-state index < -0.39 is 22.6 Å². The lowest BCUT2D eigenvalue weighted by Crippen LogP contribution is -2.45. The molecule has 3 rings (SSSR count). The number of ketones is 1. The minimum atomic E-state index is -1.95. The van der Waals surface area contributed by atoms with Crippen LogP contribution in [0.4, 0.5) is 0 Å². The van der Waals surface area contributed by atoms with E-state index in [9.17, 15) is 19.5 Å². The second-order valence-corrected chi connectivity index (χ2v) is 5.61. The van der Waals surface area contributed by atoms with Crippen molar-refractivity contribution in [3.8, 4) is 11.7 Å². The molecule has 0 saturated heterocycles. The van der Waals surface area contributed by atoms with Gasteiger partial charge in [0.15, 0.2) is 11.2 Å². The molecule has 24 heavy (non-hydrogen) atoms. The summed E-state index contributed by atoms with van der Waals surface area (Å²) in [7, 11) is 1.12. The highest BCUT2D eigenvalue weighted by molar-refractivity contribution is 6.17. The molecule has 1 aromatic heterocycles. The number of Topliss-reactive ketones (excluding diaryl/α,β-unsaturated/α-hetero) is 1. The summed E-state index contributed by atoms with van der Waals surface area (Å²) in [6.07, 6.45) is 1.12. The summed E-state index contributed by atoms with van der Waals surface area (Å²) in [4.78, 5) is 38.0. The Hall–Kier alpha value is -3.09. The predicted molar refractivity (Wildman–Crippen MR) is 82.9 cm³/mol. The Labute approximate surface area is 136 Å². The second kappa shape index (κ2) is 5.23. The van der Waals surface area contributed by atoms with Crippen molar-refractivity contribution in [2.75, 3.05) is 7.11 Å². The summed E-state index contributed by atoms with van der Waals surface area (Å²) < 4.78 is 15.6. The van der Waals surface area contributed by atoms with Crippen LogP contribution in [0.3, 0.4) is 0 Å². The van der Waals surface area contributed by atoms with Gasteiger partial charge >= 0.3 is 5.97 Å². The molecule has 1 N–H and O–H groups in total. The minimum absolute atomic E-state index is 0.0753. The van der Waals surface area contributed by atoms with Gasteiger partial charge in [0, 0.05) is 5.57 Å². The Bertz CT molecular complexity index is 967. The van der Waals surface area contributed by atoms with Crippen LogP contribution in [0.25, 0.3) is 11.0 Å². The van der Waals surface area contributed by atoms with Crippen LogP contribution in [0.15, 0.2) is 39.2 Å². The Morgan fingerprint density at radius 3 is 2.67 bits per heavy atom. The number of rotatable bonds is 1. The maximum Gasteiger partial charge on any atom is 0.324 e. The fraction of sp³-hybridized carbons (Fsp3) is 0.235. The molecule has 1 aliphatic rings. The van der Waals surface area contributed by atoms with Crippen LogP contribution in [0, 0.1) is 0 Å². The van der Waals surface area contributed by atoms with Crippen molar-refractivity contribution >= 4 is 22.7 Å². The largest absolute Gasteiger partial charge is 0.507 e. The van der Waals surface area contributed by atoms with Gasteiger partial charge in [-0.1, -0.05) is 6.07 Å². The first-order valence-electron chi connectivity index (χ1n) is 7.08. The lowest BCUT2D eigenvalue weighted by atomic mass is 9.76. The molecule has 7 nitrogen and oxygen atoms in total. The smallest absolute Gasteiger partial charge is 0.324 e. The van der Waals surface area contributed by atoms with E-state index >= 15 is 0 Å². The van der Waals surface area contributed by atoms with Crippen molar-refractivity contribution in [2.24, 2.45) is 0 Å². The van der Waals surface area contributed by atoms with Crippen LogP contribution in [-0.4, -0.2) is 24.0 Å². The van der Waals surface area contributed by atoms with Crippen molar-refractivity contribution in [2.45, 2.75) is 19.3 Å². The van der Waals surface area contributed by atoms with Gasteiger partial charge in [0.05, 0.1) is 7.11 Å². The number of phenols is 1. The van der Waals surface area contributed by atoms with Gasteiger partial charge < -0.3 is 19.0 Å². The average Bonchev–Trinajstić information content (AvgIpc) is 2.65. The molecule has 1 aromatic carbocycles. The van der Waals surface area contributed by atoms with Gasteiger partial charge in [-0.15, -0.1) is 0 Å². The van der Waals surface area contributed by atoms with Crippen LogP contribution in [-0.2, 0) is 19.7 Å². The standard InChI is InChI=1S/C17H14O7/c1-8-7-23-15-12(17(2,14(8)20)16(21)22-3)13(19)11-9(18)5-4-6-10(11)24-15/h4-7,18H,1-3H3/t17-/m1/s1. The van der Waals surface area contributed by atoms with Crippen LogP contribution in [0.1, 0.15) is 19.4 Å². The van der Waals surface area contributed by atoms with E-state index in [2.05, 4.69) is 0 Å². The number of phenolic OH excluding ortho intramolecular Hbond substituents is 1. The maximum atomic E-state index is 13.0. The fourth-order valence-corrected chi connectivity index (χ4v) is 2.82. The quantitative estimate of drug-likeness (QED) is 0.628. The number of methoxy groups -OCH3 is 1. The predicted octanol–water partition coefficient (Wildman–Crippen LogP) is 1.79. The van der Waals surface area contributed by atoms with Crippen molar-refractivity contribution in [3.63, 3.8) is 0 Å². The molecule has 1 atom stereocenters. The molecule has 0 saturated carbocycles. The van der Waals surface area contributed by atoms with Crippen molar-refractivity contribution < 1.29 is 28.6 Å². The summed E-state index contributed by atoms with van der Waals surface area (Å²) in [6, 6.07) is 4.28. The number of carbonyl (C=O) groups is 2. The number of benzene rings is 1. The molecule has 7 heteroatoms. The number of allylic oxidation sites excluding steroid dienone is 1. The molecule has 1 aliphatic heterocycles. The molecule has 0 unspecified atom stereocenters. The van der Waals surface area contributed by atoms with Gasteiger partial charge in [-0.25, -0.2) is 0 Å². The Kier molecular flexibility index (Phi) is 3.44. The molecule has 124 valence electrons. The first kappa shape index (κ1) is 15.8. The van der Waals surface area contributed by atoms with E-state index in [0.29, 0.717) is 0 Å². The van der Waals surface area contributed by atoms with Crippen molar-refractivity contribution in [3.05, 3.63) is 45.8 Å². The third-order valence-electron chi connectivity index (χ3n) is 4.11. The molecule has 2 aromatic rings. The summed E-state index contributed by atoms with van der Waals surface area (Å²) in [5.74, 6) is -2.17. The number of hydrogen-bond donors (Lipinski definition) is 1. The molecular formula is C17H14O7. The van der Waals surface area contributed by atoms with Crippen LogP contribution >= 0.6 is 0 Å². The van der Waals surface area contributed by atoms with Gasteiger partial charge in [0.1, 0.15) is 28.5 Å². The number of fused-ring (bicyclic) bond motifs is 2. The van der Waals surface area contributed by atoms with Crippen LogP contribution < -0.4 is 10.2 Å². The third-order valence-corrected chi connectivity index (χ3v) is 4.11. The molecule has 2 heterocycles. The minimum Gasteiger partial charge on any atom is -0.507 e. The first-order chi connectivity index (χ1) is 11.3. The summed E-state index contributed by atoms with van der Waals surface area (Å²) >= 11 is 0. The van der Waals surface area contributed by atoms with Gasteiger partial charge in [0.2, 0.25) is 5.43 Å². The molecule has 0 amide bonds. The topological polar surface area (TPSA) is 103 Å². The monoisotopic (exact) mass is 330 g/mol. The van der Waals surface area contributed by atoms with E-state index in [0.717, 1.165) is 13.4 Å². The zero-order valence-electron chi connectivity index (χ0n) is 13.2. The second-order valence-electron chi connectivity index (χ2n) is 5.61. The Balaban J connectivity index is 2.50. The number of carbonyl (C=O) groups excluding carboxylic acids is 2. The van der Waals surface area contributed by atoms with Crippen molar-refractivity contribution in [1.29, 1.82) is 0 Å². The average molecular weight is 330 g/mol. The Morgan fingerprint density at radius 1 is 1.29 bits per heavy atom. The maximum absolute atomic E-state index is 13.0. The van der Waals surface area contributed by atoms with E-state index in [4.69, 9.17) is 13.9 Å². The molecule has 0 spiro atoms. The number of aromatic hydroxyl groups is 1. The number of esters is 1.